The third kappa shape index (κ3) is 1.26. The Hall–Kier alpha value is -0.870. The minimum atomic E-state index is -0.367. The van der Waals surface area contributed by atoms with Crippen molar-refractivity contribution in [1.82, 2.24) is 0 Å². The lowest BCUT2D eigenvalue weighted by molar-refractivity contribution is -0.124. The third-order valence-electron chi connectivity index (χ3n) is 3.52. The van der Waals surface area contributed by atoms with Crippen molar-refractivity contribution >= 4 is 27.5 Å². The van der Waals surface area contributed by atoms with Gasteiger partial charge in [-0.15, -0.1) is 0 Å². The molecular formula is C12H12BrNO2. The number of anilines is 1. The molecule has 0 bridgehead atoms. The van der Waals surface area contributed by atoms with Crippen LogP contribution in [0.25, 0.3) is 0 Å². The molecule has 0 radical (unpaired) electrons. The van der Waals surface area contributed by atoms with Crippen LogP contribution in [0, 0.1) is 0 Å². The molecule has 1 aromatic carbocycles. The Kier molecular flexibility index (Phi) is 2.30. The van der Waals surface area contributed by atoms with Gasteiger partial charge in [-0.2, -0.15) is 0 Å². The topological polar surface area (TPSA) is 38.3 Å². The van der Waals surface area contributed by atoms with Gasteiger partial charge < -0.3 is 10.1 Å². The number of fused-ring (bicyclic) bond motifs is 2. The van der Waals surface area contributed by atoms with E-state index < -0.39 is 0 Å². The second kappa shape index (κ2) is 3.57. The number of halogens is 1. The van der Waals surface area contributed by atoms with Gasteiger partial charge in [0.05, 0.1) is 5.41 Å². The maximum atomic E-state index is 12.2. The first-order chi connectivity index (χ1) is 7.74. The summed E-state index contributed by atoms with van der Waals surface area (Å²) in [6.45, 7) is 1.32. The zero-order valence-corrected chi connectivity index (χ0v) is 10.3. The summed E-state index contributed by atoms with van der Waals surface area (Å²) in [7, 11) is 0. The summed E-state index contributed by atoms with van der Waals surface area (Å²) in [6.07, 6.45) is 1.54. The van der Waals surface area contributed by atoms with E-state index in [1.54, 1.807) is 0 Å². The zero-order valence-electron chi connectivity index (χ0n) is 8.75. The normalized spacial score (nSPS) is 21.9. The fourth-order valence-corrected chi connectivity index (χ4v) is 3.41. The van der Waals surface area contributed by atoms with Crippen molar-refractivity contribution < 1.29 is 9.53 Å². The largest absolute Gasteiger partial charge is 0.381 e. The molecule has 84 valence electrons. The van der Waals surface area contributed by atoms with Crippen molar-refractivity contribution in [3.63, 3.8) is 0 Å². The summed E-state index contributed by atoms with van der Waals surface area (Å²) in [5.74, 6) is 0.123. The van der Waals surface area contributed by atoms with Gasteiger partial charge in [0.15, 0.2) is 0 Å². The fraction of sp³-hybridized carbons (Fsp3) is 0.417. The Morgan fingerprint density at radius 3 is 2.81 bits per heavy atom. The fourth-order valence-electron chi connectivity index (χ4n) is 2.67. The van der Waals surface area contributed by atoms with Crippen LogP contribution in [-0.4, -0.2) is 19.1 Å². The monoisotopic (exact) mass is 281 g/mol. The zero-order chi connectivity index (χ0) is 11.2. The molecule has 0 aliphatic carbocycles. The Labute approximate surface area is 102 Å². The second-order valence-corrected chi connectivity index (χ2v) is 5.17. The van der Waals surface area contributed by atoms with Crippen molar-refractivity contribution in [2.24, 2.45) is 0 Å². The minimum Gasteiger partial charge on any atom is -0.381 e. The molecule has 2 aliphatic heterocycles. The van der Waals surface area contributed by atoms with Crippen LogP contribution in [0.2, 0.25) is 0 Å². The number of carbonyl (C=O) groups is 1. The molecule has 0 aromatic heterocycles. The lowest BCUT2D eigenvalue weighted by atomic mass is 9.75. The van der Waals surface area contributed by atoms with Gasteiger partial charge in [-0.1, -0.05) is 22.0 Å². The molecule has 0 atom stereocenters. The molecule has 1 amide bonds. The Morgan fingerprint density at radius 1 is 1.31 bits per heavy atom. The van der Waals surface area contributed by atoms with E-state index in [-0.39, 0.29) is 11.3 Å². The number of benzene rings is 1. The Balaban J connectivity index is 2.17. The number of amides is 1. The standard InChI is InChI=1S/C12H12BrNO2/c13-8-2-1-3-9-10(8)12(11(15)14-9)4-6-16-7-5-12/h1-3H,4-7H2,(H,14,15). The van der Waals surface area contributed by atoms with E-state index in [1.807, 2.05) is 18.2 Å². The van der Waals surface area contributed by atoms with Crippen molar-refractivity contribution in [2.75, 3.05) is 18.5 Å². The summed E-state index contributed by atoms with van der Waals surface area (Å²) in [4.78, 5) is 12.2. The van der Waals surface area contributed by atoms with E-state index in [0.717, 1.165) is 28.6 Å². The van der Waals surface area contributed by atoms with Gasteiger partial charge in [-0.25, -0.2) is 0 Å². The van der Waals surface area contributed by atoms with Crippen LogP contribution in [0.15, 0.2) is 22.7 Å². The molecule has 0 unspecified atom stereocenters. The molecule has 16 heavy (non-hydrogen) atoms. The molecule has 2 heterocycles. The lowest BCUT2D eigenvalue weighted by Gasteiger charge is -2.31. The first kappa shape index (κ1) is 10.3. The summed E-state index contributed by atoms with van der Waals surface area (Å²) in [5.41, 5.74) is 1.69. The van der Waals surface area contributed by atoms with Crippen LogP contribution in [0.3, 0.4) is 0 Å². The maximum Gasteiger partial charge on any atom is 0.235 e. The first-order valence-electron chi connectivity index (χ1n) is 5.42. The molecule has 1 N–H and O–H groups in total. The number of hydrogen-bond acceptors (Lipinski definition) is 2. The van der Waals surface area contributed by atoms with Crippen LogP contribution < -0.4 is 5.32 Å². The van der Waals surface area contributed by atoms with Gasteiger partial charge in [0.25, 0.3) is 0 Å². The number of rotatable bonds is 0. The average Bonchev–Trinajstić information content (AvgIpc) is 2.55. The van der Waals surface area contributed by atoms with Crippen LogP contribution in [0.1, 0.15) is 18.4 Å². The predicted octanol–water partition coefficient (Wildman–Crippen LogP) is 2.45. The molecule has 3 nitrogen and oxygen atoms in total. The van der Waals surface area contributed by atoms with E-state index in [1.165, 1.54) is 0 Å². The third-order valence-corrected chi connectivity index (χ3v) is 4.18. The van der Waals surface area contributed by atoms with Gasteiger partial charge in [-0.05, 0) is 25.0 Å². The highest BCUT2D eigenvalue weighted by Gasteiger charge is 2.48. The van der Waals surface area contributed by atoms with E-state index >= 15 is 0 Å². The molecule has 4 heteroatoms. The quantitative estimate of drug-likeness (QED) is 0.793. The maximum absolute atomic E-state index is 12.2. The highest BCUT2D eigenvalue weighted by molar-refractivity contribution is 9.10. The SMILES string of the molecule is O=C1Nc2cccc(Br)c2C12CCOCC2. The smallest absolute Gasteiger partial charge is 0.235 e. The molecule has 1 fully saturated rings. The Morgan fingerprint density at radius 2 is 2.06 bits per heavy atom. The van der Waals surface area contributed by atoms with E-state index in [9.17, 15) is 4.79 Å². The molecule has 2 aliphatic rings. The number of hydrogen-bond donors (Lipinski definition) is 1. The van der Waals surface area contributed by atoms with Gasteiger partial charge in [-0.3, -0.25) is 4.79 Å². The van der Waals surface area contributed by atoms with E-state index in [4.69, 9.17) is 4.74 Å². The van der Waals surface area contributed by atoms with Crippen LogP contribution >= 0.6 is 15.9 Å². The molecular weight excluding hydrogens is 270 g/mol. The summed E-state index contributed by atoms with van der Waals surface area (Å²) < 4.78 is 6.38. The van der Waals surface area contributed by atoms with Gasteiger partial charge >= 0.3 is 0 Å². The predicted molar refractivity (Wildman–Crippen MR) is 64.5 cm³/mol. The van der Waals surface area contributed by atoms with Crippen molar-refractivity contribution in [3.05, 3.63) is 28.2 Å². The summed E-state index contributed by atoms with van der Waals surface area (Å²) in [6, 6.07) is 5.90. The van der Waals surface area contributed by atoms with Crippen LogP contribution in [0.4, 0.5) is 5.69 Å². The first-order valence-corrected chi connectivity index (χ1v) is 6.21. The van der Waals surface area contributed by atoms with Crippen LogP contribution in [-0.2, 0) is 14.9 Å². The second-order valence-electron chi connectivity index (χ2n) is 4.31. The van der Waals surface area contributed by atoms with E-state index in [0.29, 0.717) is 13.2 Å². The van der Waals surface area contributed by atoms with E-state index in [2.05, 4.69) is 21.2 Å². The van der Waals surface area contributed by atoms with Gasteiger partial charge in [0.2, 0.25) is 5.91 Å². The Bertz CT molecular complexity index is 452. The molecule has 1 saturated heterocycles. The summed E-state index contributed by atoms with van der Waals surface area (Å²) in [5, 5.41) is 2.97. The molecule has 1 aromatic rings. The van der Waals surface area contributed by atoms with Crippen LogP contribution in [0.5, 0.6) is 0 Å². The number of carbonyl (C=O) groups excluding carboxylic acids is 1. The number of ether oxygens (including phenoxy) is 1. The minimum absolute atomic E-state index is 0.123. The molecule has 3 rings (SSSR count). The summed E-state index contributed by atoms with van der Waals surface area (Å²) >= 11 is 3.55. The number of nitrogens with one attached hydrogen (secondary N) is 1. The highest BCUT2D eigenvalue weighted by Crippen LogP contribution is 2.47. The van der Waals surface area contributed by atoms with Crippen molar-refractivity contribution in [1.29, 1.82) is 0 Å². The molecule has 0 saturated carbocycles. The lowest BCUT2D eigenvalue weighted by Crippen LogP contribution is -2.40. The van der Waals surface area contributed by atoms with Gasteiger partial charge in [0.1, 0.15) is 0 Å². The molecule has 1 spiro atoms. The van der Waals surface area contributed by atoms with Gasteiger partial charge in [0, 0.05) is 28.9 Å². The highest BCUT2D eigenvalue weighted by atomic mass is 79.9. The van der Waals surface area contributed by atoms with Crippen molar-refractivity contribution in [2.45, 2.75) is 18.3 Å². The van der Waals surface area contributed by atoms with Crippen molar-refractivity contribution in [3.8, 4) is 0 Å². The average molecular weight is 282 g/mol.